The molecule has 1 saturated carbocycles. The third-order valence-electron chi connectivity index (χ3n) is 5.25. The number of hydrogen-bond donors (Lipinski definition) is 4. The number of nitrogens with one attached hydrogen (secondary N) is 4. The second kappa shape index (κ2) is 8.53. The second-order valence-corrected chi connectivity index (χ2v) is 7.12. The zero-order chi connectivity index (χ0) is 16.9. The Labute approximate surface area is 142 Å². The van der Waals surface area contributed by atoms with Crippen LogP contribution >= 0.6 is 0 Å². The number of hydroxylamine groups is 1. The lowest BCUT2D eigenvalue weighted by Crippen LogP contribution is -2.45. The van der Waals surface area contributed by atoms with E-state index < -0.39 is 6.17 Å². The maximum absolute atomic E-state index is 13.8. The molecule has 2 saturated heterocycles. The average molecular weight is 344 g/mol. The van der Waals surface area contributed by atoms with Gasteiger partial charge in [-0.05, 0) is 26.2 Å². The SMILES string of the molecule is CC1ONCC1CNC(=O)C1CC(COC2CCCCC2F)NN1. The molecule has 2 aliphatic heterocycles. The standard InChI is InChI=1S/C16H29FN4O3/c1-10-11(8-19-24-10)7-18-16(22)14-6-12(20-21-14)9-23-15-5-3-2-4-13(15)17/h10-15,19-21H,2-9H2,1H3,(H,18,22). The van der Waals surface area contributed by atoms with Crippen molar-refractivity contribution in [1.29, 1.82) is 0 Å². The molecule has 7 nitrogen and oxygen atoms in total. The van der Waals surface area contributed by atoms with E-state index in [2.05, 4.69) is 21.6 Å². The molecule has 3 aliphatic rings. The second-order valence-electron chi connectivity index (χ2n) is 7.12. The fourth-order valence-electron chi connectivity index (χ4n) is 3.52. The summed E-state index contributed by atoms with van der Waals surface area (Å²) in [6.45, 7) is 3.76. The minimum atomic E-state index is -0.851. The molecule has 0 radical (unpaired) electrons. The number of amides is 1. The lowest BCUT2D eigenvalue weighted by molar-refractivity contribution is -0.123. The van der Waals surface area contributed by atoms with Crippen LogP contribution in [0.25, 0.3) is 0 Å². The molecule has 3 fully saturated rings. The number of halogens is 1. The summed E-state index contributed by atoms with van der Waals surface area (Å²) in [6.07, 6.45) is 2.99. The molecule has 0 bridgehead atoms. The summed E-state index contributed by atoms with van der Waals surface area (Å²) in [5, 5.41) is 2.97. The van der Waals surface area contributed by atoms with Crippen LogP contribution in [0.5, 0.6) is 0 Å². The highest BCUT2D eigenvalue weighted by Crippen LogP contribution is 2.24. The van der Waals surface area contributed by atoms with Gasteiger partial charge in [0.2, 0.25) is 5.91 Å². The van der Waals surface area contributed by atoms with E-state index in [9.17, 15) is 9.18 Å². The topological polar surface area (TPSA) is 83.7 Å². The van der Waals surface area contributed by atoms with E-state index >= 15 is 0 Å². The molecule has 24 heavy (non-hydrogen) atoms. The molecular weight excluding hydrogens is 315 g/mol. The average Bonchev–Trinajstić information content (AvgIpc) is 3.21. The van der Waals surface area contributed by atoms with Gasteiger partial charge in [-0.3, -0.25) is 15.1 Å². The van der Waals surface area contributed by atoms with Gasteiger partial charge in [0.15, 0.2) is 0 Å². The monoisotopic (exact) mass is 344 g/mol. The van der Waals surface area contributed by atoms with Gasteiger partial charge >= 0.3 is 0 Å². The first-order valence-electron chi connectivity index (χ1n) is 9.06. The van der Waals surface area contributed by atoms with Crippen molar-refractivity contribution in [2.24, 2.45) is 5.92 Å². The highest BCUT2D eigenvalue weighted by molar-refractivity contribution is 5.82. The van der Waals surface area contributed by atoms with Crippen molar-refractivity contribution < 1.29 is 18.8 Å². The van der Waals surface area contributed by atoms with E-state index in [0.717, 1.165) is 25.8 Å². The number of hydrogen-bond acceptors (Lipinski definition) is 6. The molecule has 1 amide bonds. The van der Waals surface area contributed by atoms with Crippen LogP contribution in [0.2, 0.25) is 0 Å². The van der Waals surface area contributed by atoms with Gasteiger partial charge in [0.25, 0.3) is 0 Å². The Kier molecular flexibility index (Phi) is 6.40. The first-order chi connectivity index (χ1) is 11.6. The van der Waals surface area contributed by atoms with Gasteiger partial charge in [-0.25, -0.2) is 15.3 Å². The van der Waals surface area contributed by atoms with E-state index in [1.54, 1.807) is 0 Å². The summed E-state index contributed by atoms with van der Waals surface area (Å²) < 4.78 is 19.5. The van der Waals surface area contributed by atoms with Crippen molar-refractivity contribution >= 4 is 5.91 Å². The predicted octanol–water partition coefficient (Wildman–Crippen LogP) is 0.175. The Morgan fingerprint density at radius 1 is 1.33 bits per heavy atom. The molecule has 3 rings (SSSR count). The molecule has 6 atom stereocenters. The largest absolute Gasteiger partial charge is 0.374 e. The first kappa shape index (κ1) is 18.0. The summed E-state index contributed by atoms with van der Waals surface area (Å²) in [6, 6.07) is -0.248. The molecule has 0 aromatic carbocycles. The van der Waals surface area contributed by atoms with Crippen LogP contribution in [0, 0.1) is 5.92 Å². The van der Waals surface area contributed by atoms with E-state index in [0.29, 0.717) is 26.0 Å². The van der Waals surface area contributed by atoms with Gasteiger partial charge in [-0.1, -0.05) is 12.8 Å². The summed E-state index contributed by atoms with van der Waals surface area (Å²) in [5.41, 5.74) is 8.94. The van der Waals surface area contributed by atoms with Gasteiger partial charge in [0.1, 0.15) is 12.2 Å². The number of hydrazine groups is 1. The predicted molar refractivity (Wildman–Crippen MR) is 86.6 cm³/mol. The fourth-order valence-corrected chi connectivity index (χ4v) is 3.52. The van der Waals surface area contributed by atoms with Crippen LogP contribution in [-0.4, -0.2) is 56.1 Å². The minimum Gasteiger partial charge on any atom is -0.374 e. The molecule has 6 unspecified atom stereocenters. The first-order valence-corrected chi connectivity index (χ1v) is 9.06. The van der Waals surface area contributed by atoms with Crippen LogP contribution in [0.4, 0.5) is 4.39 Å². The van der Waals surface area contributed by atoms with E-state index in [1.807, 2.05) is 6.92 Å². The van der Waals surface area contributed by atoms with Crippen molar-refractivity contribution in [3.05, 3.63) is 0 Å². The number of carbonyl (C=O) groups is 1. The molecule has 0 aromatic heterocycles. The van der Waals surface area contributed by atoms with E-state index in [1.165, 1.54) is 0 Å². The fraction of sp³-hybridized carbons (Fsp3) is 0.938. The van der Waals surface area contributed by atoms with Crippen molar-refractivity contribution in [3.63, 3.8) is 0 Å². The van der Waals surface area contributed by atoms with Crippen LogP contribution in [0.15, 0.2) is 0 Å². The Morgan fingerprint density at radius 2 is 2.17 bits per heavy atom. The Bertz CT molecular complexity index is 428. The van der Waals surface area contributed by atoms with Crippen molar-refractivity contribution in [2.75, 3.05) is 19.7 Å². The zero-order valence-electron chi connectivity index (χ0n) is 14.2. The molecular formula is C16H29FN4O3. The maximum atomic E-state index is 13.8. The van der Waals surface area contributed by atoms with Crippen LogP contribution in [-0.2, 0) is 14.4 Å². The van der Waals surface area contributed by atoms with Crippen LogP contribution < -0.4 is 21.6 Å². The smallest absolute Gasteiger partial charge is 0.238 e. The Morgan fingerprint density at radius 3 is 2.92 bits per heavy atom. The molecule has 1 aliphatic carbocycles. The lowest BCUT2D eigenvalue weighted by atomic mass is 9.96. The van der Waals surface area contributed by atoms with Crippen molar-refractivity contribution in [1.82, 2.24) is 21.6 Å². The third kappa shape index (κ3) is 4.64. The molecule has 0 spiro atoms. The number of carbonyl (C=O) groups excluding carboxylic acids is 1. The summed E-state index contributed by atoms with van der Waals surface area (Å²) in [7, 11) is 0. The summed E-state index contributed by atoms with van der Waals surface area (Å²) in [4.78, 5) is 17.5. The van der Waals surface area contributed by atoms with Gasteiger partial charge in [-0.2, -0.15) is 0 Å². The van der Waals surface area contributed by atoms with E-state index in [4.69, 9.17) is 9.57 Å². The highest BCUT2D eigenvalue weighted by Gasteiger charge is 2.32. The molecule has 2 heterocycles. The molecule has 138 valence electrons. The van der Waals surface area contributed by atoms with E-state index in [-0.39, 0.29) is 36.1 Å². The van der Waals surface area contributed by atoms with Crippen LogP contribution in [0.3, 0.4) is 0 Å². The van der Waals surface area contributed by atoms with Gasteiger partial charge in [-0.15, -0.1) is 0 Å². The minimum absolute atomic E-state index is 0.0230. The highest BCUT2D eigenvalue weighted by atomic mass is 19.1. The number of ether oxygens (including phenoxy) is 1. The summed E-state index contributed by atoms with van der Waals surface area (Å²) in [5.74, 6) is 0.264. The van der Waals surface area contributed by atoms with Gasteiger partial charge < -0.3 is 10.1 Å². The third-order valence-corrected chi connectivity index (χ3v) is 5.25. The van der Waals surface area contributed by atoms with Crippen molar-refractivity contribution in [2.45, 2.75) is 69.5 Å². The number of rotatable bonds is 6. The Balaban J connectivity index is 1.34. The maximum Gasteiger partial charge on any atom is 0.238 e. The van der Waals surface area contributed by atoms with Gasteiger partial charge in [0.05, 0.1) is 18.8 Å². The molecule has 0 aromatic rings. The number of alkyl halides is 1. The Hall–Kier alpha value is -0.800. The molecule has 8 heteroatoms. The van der Waals surface area contributed by atoms with Crippen molar-refractivity contribution in [3.8, 4) is 0 Å². The van der Waals surface area contributed by atoms with Gasteiger partial charge in [0, 0.05) is 25.0 Å². The summed E-state index contributed by atoms with van der Waals surface area (Å²) >= 11 is 0. The normalized spacial score (nSPS) is 39.9. The quantitative estimate of drug-likeness (QED) is 0.550. The lowest BCUT2D eigenvalue weighted by Gasteiger charge is -2.27. The molecule has 4 N–H and O–H groups in total. The zero-order valence-corrected chi connectivity index (χ0v) is 14.2. The van der Waals surface area contributed by atoms with Crippen LogP contribution in [0.1, 0.15) is 39.0 Å².